The highest BCUT2D eigenvalue weighted by molar-refractivity contribution is 5.98. The molecule has 0 saturated heterocycles. The minimum atomic E-state index is -0.593. The van der Waals surface area contributed by atoms with Gasteiger partial charge in [-0.2, -0.15) is 0 Å². The minimum absolute atomic E-state index is 0.0601. The zero-order chi connectivity index (χ0) is 17.4. The van der Waals surface area contributed by atoms with Crippen LogP contribution in [0.5, 0.6) is 0 Å². The van der Waals surface area contributed by atoms with E-state index in [2.05, 4.69) is 25.9 Å². The zero-order valence-electron chi connectivity index (χ0n) is 13.0. The molecule has 1 fully saturated rings. The van der Waals surface area contributed by atoms with Crippen molar-refractivity contribution in [2.75, 3.05) is 10.6 Å². The number of hydrogen-bond acceptors (Lipinski definition) is 6. The van der Waals surface area contributed by atoms with E-state index in [1.54, 1.807) is 18.2 Å². The molecule has 2 amide bonds. The summed E-state index contributed by atoms with van der Waals surface area (Å²) in [6.07, 6.45) is 3.27. The summed E-state index contributed by atoms with van der Waals surface area (Å²) in [6, 6.07) is 4.98. The molecule has 3 aromatic rings. The van der Waals surface area contributed by atoms with Crippen molar-refractivity contribution in [3.8, 4) is 0 Å². The van der Waals surface area contributed by atoms with Gasteiger partial charge in [0.25, 0.3) is 0 Å². The largest absolute Gasteiger partial charge is 0.417 e. The molecule has 4 rings (SSSR count). The fraction of sp³-hybridized carbons (Fsp3) is 0.267. The summed E-state index contributed by atoms with van der Waals surface area (Å²) in [4.78, 5) is 37.6. The van der Waals surface area contributed by atoms with Crippen LogP contribution in [0.25, 0.3) is 11.1 Å². The molecule has 1 aromatic carbocycles. The van der Waals surface area contributed by atoms with E-state index in [0.29, 0.717) is 17.0 Å². The van der Waals surface area contributed by atoms with Gasteiger partial charge in [-0.1, -0.05) is 11.3 Å². The average molecular weight is 342 g/mol. The number of nitrogens with zero attached hydrogens (tertiary/aromatic N) is 3. The molecule has 10 heteroatoms. The second-order valence-corrected chi connectivity index (χ2v) is 5.81. The Morgan fingerprint density at radius 1 is 1.32 bits per heavy atom. The molecule has 1 saturated carbocycles. The smallest absolute Gasteiger partial charge is 0.406 e. The van der Waals surface area contributed by atoms with Gasteiger partial charge in [0, 0.05) is 5.92 Å². The second kappa shape index (κ2) is 5.89. The minimum Gasteiger partial charge on any atom is -0.406 e. The molecule has 0 radical (unpaired) electrons. The Bertz CT molecular complexity index is 1010. The molecular weight excluding hydrogens is 328 g/mol. The van der Waals surface area contributed by atoms with E-state index < -0.39 is 5.76 Å². The van der Waals surface area contributed by atoms with Crippen molar-refractivity contribution in [1.82, 2.24) is 20.0 Å². The molecule has 25 heavy (non-hydrogen) atoms. The maximum Gasteiger partial charge on any atom is 0.417 e. The molecule has 10 nitrogen and oxygen atoms in total. The van der Waals surface area contributed by atoms with Crippen LogP contribution in [0.2, 0.25) is 0 Å². The summed E-state index contributed by atoms with van der Waals surface area (Å²) < 4.78 is 6.33. The lowest BCUT2D eigenvalue weighted by atomic mass is 10.3. The highest BCUT2D eigenvalue weighted by Gasteiger charge is 2.30. The standard InChI is InChI=1S/C15H14N6O4/c22-12(16-9-2-1-3-10-13(9)25-15(24)17-10)7-21-6-11(19-20-21)18-14(23)8-4-5-8/h1-3,6,8H,4-5,7H2,(H,16,22)(H,17,24)(H,18,23). The van der Waals surface area contributed by atoms with Gasteiger partial charge in [-0.05, 0) is 25.0 Å². The molecular formula is C15H14N6O4. The van der Waals surface area contributed by atoms with Gasteiger partial charge in [-0.3, -0.25) is 14.6 Å². The molecule has 2 aromatic heterocycles. The Labute approximate surface area is 140 Å². The summed E-state index contributed by atoms with van der Waals surface area (Å²) in [6.45, 7) is -0.0999. The van der Waals surface area contributed by atoms with Crippen LogP contribution < -0.4 is 16.4 Å². The van der Waals surface area contributed by atoms with Gasteiger partial charge in [0.05, 0.1) is 17.4 Å². The van der Waals surface area contributed by atoms with Gasteiger partial charge in [0.15, 0.2) is 11.4 Å². The molecule has 128 valence electrons. The first-order valence-corrected chi connectivity index (χ1v) is 7.71. The number of hydrogen-bond donors (Lipinski definition) is 3. The fourth-order valence-electron chi connectivity index (χ4n) is 2.42. The molecule has 3 N–H and O–H groups in total. The number of carbonyl (C=O) groups is 2. The lowest BCUT2D eigenvalue weighted by Gasteiger charge is -2.05. The number of aromatic nitrogens is 4. The molecule has 0 spiro atoms. The quantitative estimate of drug-likeness (QED) is 0.624. The molecule has 0 bridgehead atoms. The van der Waals surface area contributed by atoms with Crippen LogP contribution in [0.4, 0.5) is 11.5 Å². The Hall–Kier alpha value is -3.43. The van der Waals surface area contributed by atoms with E-state index in [1.165, 1.54) is 10.9 Å². The maximum atomic E-state index is 12.2. The summed E-state index contributed by atoms with van der Waals surface area (Å²) in [5.41, 5.74) is 1.15. The van der Waals surface area contributed by atoms with E-state index >= 15 is 0 Å². The van der Waals surface area contributed by atoms with Crippen LogP contribution in [0.3, 0.4) is 0 Å². The van der Waals surface area contributed by atoms with Crippen LogP contribution in [0.15, 0.2) is 33.6 Å². The lowest BCUT2D eigenvalue weighted by Crippen LogP contribution is -2.19. The molecule has 0 unspecified atom stereocenters. The number of amides is 2. The molecule has 0 aliphatic heterocycles. The summed E-state index contributed by atoms with van der Waals surface area (Å²) in [5.74, 6) is -0.676. The Morgan fingerprint density at radius 2 is 2.16 bits per heavy atom. The van der Waals surface area contributed by atoms with Gasteiger partial charge in [0.1, 0.15) is 6.54 Å². The average Bonchev–Trinajstić information content (AvgIpc) is 3.22. The van der Waals surface area contributed by atoms with Crippen molar-refractivity contribution in [2.24, 2.45) is 5.92 Å². The van der Waals surface area contributed by atoms with E-state index in [9.17, 15) is 14.4 Å². The number of H-pyrrole nitrogens is 1. The van der Waals surface area contributed by atoms with Crippen LogP contribution in [0.1, 0.15) is 12.8 Å². The topological polar surface area (TPSA) is 135 Å². The highest BCUT2D eigenvalue weighted by Crippen LogP contribution is 2.29. The van der Waals surface area contributed by atoms with Crippen LogP contribution in [-0.2, 0) is 16.1 Å². The van der Waals surface area contributed by atoms with Crippen molar-refractivity contribution in [1.29, 1.82) is 0 Å². The molecule has 2 heterocycles. The van der Waals surface area contributed by atoms with Crippen molar-refractivity contribution >= 4 is 34.4 Å². The zero-order valence-corrected chi connectivity index (χ0v) is 13.0. The van der Waals surface area contributed by atoms with Crippen LogP contribution >= 0.6 is 0 Å². The maximum absolute atomic E-state index is 12.2. The Morgan fingerprint density at radius 3 is 2.96 bits per heavy atom. The van der Waals surface area contributed by atoms with Gasteiger partial charge in [-0.25, -0.2) is 9.48 Å². The first kappa shape index (κ1) is 15.1. The third-order valence-corrected chi connectivity index (χ3v) is 3.76. The summed E-state index contributed by atoms with van der Waals surface area (Å²) in [7, 11) is 0. The SMILES string of the molecule is O=C(Cn1cc(NC(=O)C2CC2)nn1)Nc1cccc2[nH]c(=O)oc12. The fourth-order valence-corrected chi connectivity index (χ4v) is 2.42. The molecule has 1 aliphatic rings. The lowest BCUT2D eigenvalue weighted by molar-refractivity contribution is -0.117. The van der Waals surface area contributed by atoms with Crippen molar-refractivity contribution in [3.63, 3.8) is 0 Å². The van der Waals surface area contributed by atoms with E-state index in [-0.39, 0.29) is 29.9 Å². The number of anilines is 2. The van der Waals surface area contributed by atoms with Gasteiger partial charge < -0.3 is 15.1 Å². The van der Waals surface area contributed by atoms with Crippen molar-refractivity contribution in [2.45, 2.75) is 19.4 Å². The number of para-hydroxylation sites is 1. The molecule has 1 aliphatic carbocycles. The number of aromatic amines is 1. The monoisotopic (exact) mass is 342 g/mol. The third kappa shape index (κ3) is 3.27. The summed E-state index contributed by atoms with van der Waals surface area (Å²) >= 11 is 0. The van der Waals surface area contributed by atoms with Gasteiger partial charge >= 0.3 is 5.76 Å². The number of oxazole rings is 1. The van der Waals surface area contributed by atoms with Crippen LogP contribution in [0, 0.1) is 5.92 Å². The van der Waals surface area contributed by atoms with Crippen molar-refractivity contribution in [3.05, 3.63) is 34.9 Å². The van der Waals surface area contributed by atoms with Gasteiger partial charge in [0.2, 0.25) is 11.8 Å². The third-order valence-electron chi connectivity index (χ3n) is 3.76. The Kier molecular flexibility index (Phi) is 3.56. The number of rotatable bonds is 5. The normalized spacial score (nSPS) is 13.8. The first-order chi connectivity index (χ1) is 12.1. The summed E-state index contributed by atoms with van der Waals surface area (Å²) in [5, 5.41) is 12.9. The Balaban J connectivity index is 1.42. The van der Waals surface area contributed by atoms with Gasteiger partial charge in [-0.15, -0.1) is 5.10 Å². The predicted molar refractivity (Wildman–Crippen MR) is 86.8 cm³/mol. The van der Waals surface area contributed by atoms with Crippen molar-refractivity contribution < 1.29 is 14.0 Å². The number of fused-ring (bicyclic) bond motifs is 1. The number of nitrogens with one attached hydrogen (secondary N) is 3. The first-order valence-electron chi connectivity index (χ1n) is 7.71. The van der Waals surface area contributed by atoms with E-state index in [1.807, 2.05) is 0 Å². The second-order valence-electron chi connectivity index (χ2n) is 5.81. The number of benzene rings is 1. The highest BCUT2D eigenvalue weighted by atomic mass is 16.4. The van der Waals surface area contributed by atoms with E-state index in [4.69, 9.17) is 4.42 Å². The van der Waals surface area contributed by atoms with Crippen LogP contribution in [-0.4, -0.2) is 31.8 Å². The number of carbonyl (C=O) groups excluding carboxylic acids is 2. The molecule has 0 atom stereocenters. The predicted octanol–water partition coefficient (Wildman–Crippen LogP) is 0.700. The van der Waals surface area contributed by atoms with E-state index in [0.717, 1.165) is 12.8 Å².